The molecule has 0 fully saturated rings. The highest BCUT2D eigenvalue weighted by molar-refractivity contribution is 6.01. The van der Waals surface area contributed by atoms with Gasteiger partial charge in [-0.1, -0.05) is 26.0 Å². The zero-order chi connectivity index (χ0) is 20.3. The lowest BCUT2D eigenvalue weighted by Crippen LogP contribution is -2.33. The fraction of sp³-hybridized carbons (Fsp3) is 0.318. The minimum atomic E-state index is -0.410. The van der Waals surface area contributed by atoms with Gasteiger partial charge in [-0.3, -0.25) is 14.9 Å². The van der Waals surface area contributed by atoms with Crippen molar-refractivity contribution in [3.63, 3.8) is 0 Å². The molecule has 3 aliphatic rings. The first-order valence-corrected chi connectivity index (χ1v) is 9.53. The molecular weight excluding hydrogens is 372 g/mol. The van der Waals surface area contributed by atoms with Crippen LogP contribution in [-0.4, -0.2) is 17.5 Å². The van der Waals surface area contributed by atoms with Gasteiger partial charge in [0, 0.05) is 47.5 Å². The van der Waals surface area contributed by atoms with Crippen LogP contribution in [0.1, 0.15) is 43.7 Å². The van der Waals surface area contributed by atoms with E-state index in [1.807, 2.05) is 18.2 Å². The average Bonchev–Trinajstić information content (AvgIpc) is 3.11. The van der Waals surface area contributed by atoms with Gasteiger partial charge in [-0.15, -0.1) is 0 Å². The van der Waals surface area contributed by atoms with Crippen LogP contribution in [0.3, 0.4) is 0 Å². The van der Waals surface area contributed by atoms with Gasteiger partial charge in [0.1, 0.15) is 0 Å². The van der Waals surface area contributed by atoms with Crippen molar-refractivity contribution < 1.29 is 19.2 Å². The number of benzene rings is 2. The third-order valence-electron chi connectivity index (χ3n) is 5.76. The normalized spacial score (nSPS) is 21.3. The molecule has 148 valence electrons. The second-order valence-electron chi connectivity index (χ2n) is 8.54. The van der Waals surface area contributed by atoms with Crippen LogP contribution >= 0.6 is 0 Å². The Hall–Kier alpha value is -3.35. The zero-order valence-electron chi connectivity index (χ0n) is 16.2. The Morgan fingerprint density at radius 1 is 1.14 bits per heavy atom. The van der Waals surface area contributed by atoms with E-state index in [-0.39, 0.29) is 29.6 Å². The third kappa shape index (κ3) is 2.85. The van der Waals surface area contributed by atoms with Crippen LogP contribution in [0.4, 0.5) is 11.4 Å². The van der Waals surface area contributed by atoms with E-state index in [1.165, 1.54) is 6.07 Å². The van der Waals surface area contributed by atoms with E-state index in [9.17, 15) is 14.9 Å². The van der Waals surface area contributed by atoms with Gasteiger partial charge in [0.05, 0.1) is 4.92 Å². The number of nitro benzene ring substituents is 1. The van der Waals surface area contributed by atoms with E-state index in [2.05, 4.69) is 19.2 Å². The van der Waals surface area contributed by atoms with Crippen LogP contribution in [0.5, 0.6) is 11.5 Å². The quantitative estimate of drug-likeness (QED) is 0.597. The number of ketones is 1. The number of non-ortho nitro benzene ring substituents is 1. The van der Waals surface area contributed by atoms with Gasteiger partial charge in [-0.25, -0.2) is 0 Å². The molecule has 2 aromatic rings. The van der Waals surface area contributed by atoms with Gasteiger partial charge in [0.2, 0.25) is 6.79 Å². The lowest BCUT2D eigenvalue weighted by molar-refractivity contribution is -0.384. The lowest BCUT2D eigenvalue weighted by Gasteiger charge is -2.39. The molecule has 0 bridgehead atoms. The molecule has 0 saturated carbocycles. The number of Topliss-reactive ketones (excluding diaryl/α,β-unsaturated/α-hetero) is 1. The number of anilines is 1. The van der Waals surface area contributed by atoms with Crippen LogP contribution in [0.25, 0.3) is 0 Å². The van der Waals surface area contributed by atoms with Crippen LogP contribution < -0.4 is 14.8 Å². The summed E-state index contributed by atoms with van der Waals surface area (Å²) in [6.45, 7) is 4.31. The Bertz CT molecular complexity index is 1100. The molecule has 1 atom stereocenters. The van der Waals surface area contributed by atoms with Gasteiger partial charge in [0.25, 0.3) is 5.69 Å². The predicted octanol–water partition coefficient (Wildman–Crippen LogP) is 4.52. The Kier molecular flexibility index (Phi) is 3.71. The molecule has 1 N–H and O–H groups in total. The van der Waals surface area contributed by atoms with E-state index in [4.69, 9.17) is 9.47 Å². The molecule has 0 radical (unpaired) electrons. The fourth-order valence-corrected chi connectivity index (χ4v) is 4.57. The van der Waals surface area contributed by atoms with Gasteiger partial charge >= 0.3 is 0 Å². The summed E-state index contributed by atoms with van der Waals surface area (Å²) in [7, 11) is 0. The van der Waals surface area contributed by atoms with Crippen molar-refractivity contribution in [1.82, 2.24) is 0 Å². The zero-order valence-corrected chi connectivity index (χ0v) is 16.2. The van der Waals surface area contributed by atoms with Gasteiger partial charge < -0.3 is 14.8 Å². The maximum absolute atomic E-state index is 13.2. The largest absolute Gasteiger partial charge is 0.454 e. The molecular formula is C22H20N2O5. The van der Waals surface area contributed by atoms with Crippen molar-refractivity contribution >= 4 is 17.2 Å². The molecule has 0 aromatic heterocycles. The Balaban J connectivity index is 1.73. The van der Waals surface area contributed by atoms with Crippen LogP contribution in [0, 0.1) is 15.5 Å². The molecule has 2 aliphatic heterocycles. The third-order valence-corrected chi connectivity index (χ3v) is 5.76. The maximum atomic E-state index is 13.2. The number of nitrogens with zero attached hydrogens (tertiary/aromatic N) is 1. The lowest BCUT2D eigenvalue weighted by atomic mass is 9.68. The van der Waals surface area contributed by atoms with Crippen LogP contribution in [0.2, 0.25) is 0 Å². The summed E-state index contributed by atoms with van der Waals surface area (Å²) in [6.07, 6.45) is 1.17. The fourth-order valence-electron chi connectivity index (χ4n) is 4.57. The minimum Gasteiger partial charge on any atom is -0.454 e. The smallest absolute Gasteiger partial charge is 0.269 e. The number of hydrogen-bond donors (Lipinski definition) is 1. The highest BCUT2D eigenvalue weighted by Gasteiger charge is 2.41. The Morgan fingerprint density at radius 3 is 2.66 bits per heavy atom. The first-order chi connectivity index (χ1) is 13.8. The number of ether oxygens (including phenoxy) is 2. The van der Waals surface area contributed by atoms with Crippen molar-refractivity contribution in [3.05, 3.63) is 68.9 Å². The minimum absolute atomic E-state index is 0.00839. The molecule has 0 spiro atoms. The molecule has 7 heteroatoms. The van der Waals surface area contributed by atoms with Crippen molar-refractivity contribution in [1.29, 1.82) is 0 Å². The number of rotatable bonds is 2. The van der Waals surface area contributed by atoms with E-state index in [0.717, 1.165) is 28.9 Å². The van der Waals surface area contributed by atoms with Crippen LogP contribution in [0.15, 0.2) is 47.7 Å². The predicted molar refractivity (Wildman–Crippen MR) is 106 cm³/mol. The molecule has 29 heavy (non-hydrogen) atoms. The second kappa shape index (κ2) is 6.07. The summed E-state index contributed by atoms with van der Waals surface area (Å²) in [6, 6.07) is 10.3. The van der Waals surface area contributed by atoms with Crippen molar-refractivity contribution in [3.8, 4) is 11.5 Å². The second-order valence-corrected chi connectivity index (χ2v) is 8.54. The molecule has 7 nitrogen and oxygen atoms in total. The van der Waals surface area contributed by atoms with Crippen molar-refractivity contribution in [2.45, 2.75) is 32.6 Å². The van der Waals surface area contributed by atoms with E-state index >= 15 is 0 Å². The summed E-state index contributed by atoms with van der Waals surface area (Å²) in [4.78, 5) is 24.1. The number of allylic oxidation sites excluding steroid dienone is 2. The topological polar surface area (TPSA) is 90.7 Å². The Morgan fingerprint density at radius 2 is 1.90 bits per heavy atom. The number of carbonyl (C=O) groups excluding carboxylic acids is 1. The SMILES string of the molecule is CC1(C)CC(=O)C2=C(C1)Nc1cc3c(cc1[C@@H]2c1cccc([N+](=O)[O-])c1)OCO3. The van der Waals surface area contributed by atoms with E-state index < -0.39 is 4.92 Å². The highest BCUT2D eigenvalue weighted by Crippen LogP contribution is 2.52. The summed E-state index contributed by atoms with van der Waals surface area (Å²) >= 11 is 0. The number of fused-ring (bicyclic) bond motifs is 2. The maximum Gasteiger partial charge on any atom is 0.269 e. The first-order valence-electron chi connectivity index (χ1n) is 9.53. The number of carbonyl (C=O) groups is 1. The first kappa shape index (κ1) is 17.7. The molecule has 1 aliphatic carbocycles. The standard InChI is InChI=1S/C22H20N2O5/c1-22(2)9-16-21(17(25)10-22)20(12-4-3-5-13(6-12)24(26)27)14-7-18-19(29-11-28-18)8-15(14)23-16/h3-8,20,23H,9-11H2,1-2H3/t20-/m0/s1. The number of nitrogens with one attached hydrogen (secondary N) is 1. The molecule has 5 rings (SSSR count). The Labute approximate surface area is 167 Å². The highest BCUT2D eigenvalue weighted by atomic mass is 16.7. The van der Waals surface area contributed by atoms with E-state index in [1.54, 1.807) is 12.1 Å². The van der Waals surface area contributed by atoms with Crippen molar-refractivity contribution in [2.24, 2.45) is 5.41 Å². The van der Waals surface area contributed by atoms with Gasteiger partial charge in [-0.05, 0) is 29.0 Å². The number of nitro groups is 1. The van der Waals surface area contributed by atoms with Gasteiger partial charge in [-0.2, -0.15) is 0 Å². The summed E-state index contributed by atoms with van der Waals surface area (Å²) in [5, 5.41) is 14.8. The average molecular weight is 392 g/mol. The molecule has 2 heterocycles. The van der Waals surface area contributed by atoms with E-state index in [0.29, 0.717) is 23.5 Å². The monoisotopic (exact) mass is 392 g/mol. The summed E-state index contributed by atoms with van der Waals surface area (Å²) in [5.41, 5.74) is 3.86. The molecule has 0 saturated heterocycles. The summed E-state index contributed by atoms with van der Waals surface area (Å²) in [5.74, 6) is 0.955. The van der Waals surface area contributed by atoms with Gasteiger partial charge in [0.15, 0.2) is 17.3 Å². The summed E-state index contributed by atoms with van der Waals surface area (Å²) < 4.78 is 11.1. The molecule has 2 aromatic carbocycles. The van der Waals surface area contributed by atoms with Crippen LogP contribution in [-0.2, 0) is 4.79 Å². The molecule has 0 unspecified atom stereocenters. The number of hydrogen-bond acceptors (Lipinski definition) is 6. The van der Waals surface area contributed by atoms with Crippen molar-refractivity contribution in [2.75, 3.05) is 12.1 Å². The molecule has 0 amide bonds.